The van der Waals surface area contributed by atoms with Crippen molar-refractivity contribution in [3.63, 3.8) is 0 Å². The van der Waals surface area contributed by atoms with Gasteiger partial charge in [-0.3, -0.25) is 0 Å². The topological polar surface area (TPSA) is 21.3 Å². The number of aryl methyl sites for hydroxylation is 1. The van der Waals surface area contributed by atoms with Crippen LogP contribution in [-0.4, -0.2) is 24.7 Å². The van der Waals surface area contributed by atoms with Crippen LogP contribution in [0.15, 0.2) is 18.2 Å². The number of ether oxygens (including phenoxy) is 1. The summed E-state index contributed by atoms with van der Waals surface area (Å²) in [5.74, 6) is 3.91. The number of nitrogens with one attached hydrogen (secondary N) is 1. The summed E-state index contributed by atoms with van der Waals surface area (Å²) in [7, 11) is 0. The summed E-state index contributed by atoms with van der Waals surface area (Å²) in [5.41, 5.74) is 2.55. The SMILES string of the molecule is CCSCCOc1ccc(C)cc1CNCC(C)C. The fourth-order valence-corrected chi connectivity index (χ4v) is 2.33. The van der Waals surface area contributed by atoms with Gasteiger partial charge in [-0.2, -0.15) is 11.8 Å². The normalized spacial score (nSPS) is 11.0. The lowest BCUT2D eigenvalue weighted by molar-refractivity contribution is 0.338. The number of hydrogen-bond donors (Lipinski definition) is 1. The molecule has 3 heteroatoms. The Morgan fingerprint density at radius 1 is 1.32 bits per heavy atom. The molecule has 0 atom stereocenters. The fraction of sp³-hybridized carbons (Fsp3) is 0.625. The Hall–Kier alpha value is -0.670. The van der Waals surface area contributed by atoms with E-state index in [0.29, 0.717) is 5.92 Å². The Bertz CT molecular complexity index is 366. The van der Waals surface area contributed by atoms with Crippen LogP contribution < -0.4 is 10.1 Å². The summed E-state index contributed by atoms with van der Waals surface area (Å²) in [6, 6.07) is 6.43. The van der Waals surface area contributed by atoms with E-state index in [9.17, 15) is 0 Å². The first-order chi connectivity index (χ1) is 9.13. The second kappa shape index (κ2) is 9.27. The number of thioether (sulfide) groups is 1. The Morgan fingerprint density at radius 3 is 2.79 bits per heavy atom. The fourth-order valence-electron chi connectivity index (χ4n) is 1.84. The molecule has 0 fully saturated rings. The van der Waals surface area contributed by atoms with Gasteiger partial charge in [0.2, 0.25) is 0 Å². The lowest BCUT2D eigenvalue weighted by Crippen LogP contribution is -2.19. The summed E-state index contributed by atoms with van der Waals surface area (Å²) in [4.78, 5) is 0. The molecule has 0 amide bonds. The summed E-state index contributed by atoms with van der Waals surface area (Å²) < 4.78 is 5.89. The molecule has 0 aliphatic rings. The van der Waals surface area contributed by atoms with Crippen LogP contribution in [0.5, 0.6) is 5.75 Å². The molecule has 0 aliphatic carbocycles. The Kier molecular flexibility index (Phi) is 7.99. The first kappa shape index (κ1) is 16.4. The summed E-state index contributed by atoms with van der Waals surface area (Å²) in [6.07, 6.45) is 0. The van der Waals surface area contributed by atoms with Gasteiger partial charge < -0.3 is 10.1 Å². The first-order valence-corrected chi connectivity index (χ1v) is 8.29. The maximum absolute atomic E-state index is 5.89. The van der Waals surface area contributed by atoms with Gasteiger partial charge >= 0.3 is 0 Å². The van der Waals surface area contributed by atoms with Gasteiger partial charge in [-0.05, 0) is 31.2 Å². The smallest absolute Gasteiger partial charge is 0.123 e. The molecule has 1 rings (SSSR count). The van der Waals surface area contributed by atoms with Crippen molar-refractivity contribution >= 4 is 11.8 Å². The van der Waals surface area contributed by atoms with E-state index in [1.807, 2.05) is 11.8 Å². The van der Waals surface area contributed by atoms with Crippen molar-refractivity contribution in [1.82, 2.24) is 5.32 Å². The van der Waals surface area contributed by atoms with Crippen LogP contribution in [0.3, 0.4) is 0 Å². The van der Waals surface area contributed by atoms with Gasteiger partial charge in [-0.25, -0.2) is 0 Å². The summed E-state index contributed by atoms with van der Waals surface area (Å²) >= 11 is 1.92. The predicted molar refractivity (Wildman–Crippen MR) is 86.2 cm³/mol. The van der Waals surface area contributed by atoms with Crippen molar-refractivity contribution in [2.24, 2.45) is 5.92 Å². The molecule has 0 heterocycles. The monoisotopic (exact) mass is 281 g/mol. The third-order valence-corrected chi connectivity index (χ3v) is 3.64. The highest BCUT2D eigenvalue weighted by atomic mass is 32.2. The Morgan fingerprint density at radius 2 is 2.11 bits per heavy atom. The quantitative estimate of drug-likeness (QED) is 0.694. The molecule has 0 aliphatic heterocycles. The lowest BCUT2D eigenvalue weighted by Gasteiger charge is -2.14. The molecule has 0 unspecified atom stereocenters. The average molecular weight is 281 g/mol. The van der Waals surface area contributed by atoms with Crippen molar-refractivity contribution in [3.8, 4) is 5.75 Å². The Labute approximate surface area is 122 Å². The van der Waals surface area contributed by atoms with Crippen molar-refractivity contribution in [2.45, 2.75) is 34.2 Å². The van der Waals surface area contributed by atoms with Crippen LogP contribution in [-0.2, 0) is 6.54 Å². The molecule has 108 valence electrons. The van der Waals surface area contributed by atoms with Crippen LogP contribution >= 0.6 is 11.8 Å². The van der Waals surface area contributed by atoms with E-state index in [1.165, 1.54) is 11.1 Å². The van der Waals surface area contributed by atoms with Gasteiger partial charge in [0, 0.05) is 17.9 Å². The zero-order chi connectivity index (χ0) is 14.1. The lowest BCUT2D eigenvalue weighted by atomic mass is 10.1. The highest BCUT2D eigenvalue weighted by Crippen LogP contribution is 2.20. The summed E-state index contributed by atoms with van der Waals surface area (Å²) in [6.45, 7) is 11.5. The summed E-state index contributed by atoms with van der Waals surface area (Å²) in [5, 5.41) is 3.49. The van der Waals surface area contributed by atoms with Gasteiger partial charge in [0.05, 0.1) is 6.61 Å². The van der Waals surface area contributed by atoms with Gasteiger partial charge in [0.15, 0.2) is 0 Å². The van der Waals surface area contributed by atoms with E-state index in [1.54, 1.807) is 0 Å². The number of hydrogen-bond acceptors (Lipinski definition) is 3. The van der Waals surface area contributed by atoms with Crippen LogP contribution in [0.2, 0.25) is 0 Å². The van der Waals surface area contributed by atoms with Gasteiger partial charge in [0.25, 0.3) is 0 Å². The van der Waals surface area contributed by atoms with E-state index in [0.717, 1.165) is 37.0 Å². The molecule has 0 saturated heterocycles. The van der Waals surface area contributed by atoms with Gasteiger partial charge in [-0.15, -0.1) is 0 Å². The molecule has 0 saturated carbocycles. The molecule has 1 aromatic carbocycles. The third kappa shape index (κ3) is 6.88. The molecule has 19 heavy (non-hydrogen) atoms. The molecule has 0 aromatic heterocycles. The van der Waals surface area contributed by atoms with Crippen LogP contribution in [0, 0.1) is 12.8 Å². The second-order valence-corrected chi connectivity index (χ2v) is 6.58. The van der Waals surface area contributed by atoms with Gasteiger partial charge in [-0.1, -0.05) is 38.5 Å². The van der Waals surface area contributed by atoms with E-state index in [2.05, 4.69) is 51.2 Å². The maximum Gasteiger partial charge on any atom is 0.123 e. The van der Waals surface area contributed by atoms with E-state index in [4.69, 9.17) is 4.74 Å². The Balaban J connectivity index is 2.53. The molecular formula is C16H27NOS. The van der Waals surface area contributed by atoms with Crippen molar-refractivity contribution < 1.29 is 4.74 Å². The predicted octanol–water partition coefficient (Wildman–Crippen LogP) is 3.87. The maximum atomic E-state index is 5.89. The highest BCUT2D eigenvalue weighted by Gasteiger charge is 2.04. The molecule has 2 nitrogen and oxygen atoms in total. The second-order valence-electron chi connectivity index (χ2n) is 5.18. The van der Waals surface area contributed by atoms with Gasteiger partial charge in [0.1, 0.15) is 5.75 Å². The number of benzene rings is 1. The largest absolute Gasteiger partial charge is 0.492 e. The van der Waals surface area contributed by atoms with Crippen molar-refractivity contribution in [2.75, 3.05) is 24.7 Å². The van der Waals surface area contributed by atoms with Crippen molar-refractivity contribution in [1.29, 1.82) is 0 Å². The van der Waals surface area contributed by atoms with E-state index in [-0.39, 0.29) is 0 Å². The molecule has 1 aromatic rings. The molecule has 1 N–H and O–H groups in total. The minimum absolute atomic E-state index is 0.676. The van der Waals surface area contributed by atoms with E-state index < -0.39 is 0 Å². The molecular weight excluding hydrogens is 254 g/mol. The standard InChI is InChI=1S/C16H27NOS/c1-5-19-9-8-18-16-7-6-14(4)10-15(16)12-17-11-13(2)3/h6-7,10,13,17H,5,8-9,11-12H2,1-4H3. The molecule has 0 spiro atoms. The van der Waals surface area contributed by atoms with Crippen LogP contribution in [0.1, 0.15) is 31.9 Å². The molecule has 0 bridgehead atoms. The highest BCUT2D eigenvalue weighted by molar-refractivity contribution is 7.99. The van der Waals surface area contributed by atoms with Crippen molar-refractivity contribution in [3.05, 3.63) is 29.3 Å². The van der Waals surface area contributed by atoms with E-state index >= 15 is 0 Å². The average Bonchev–Trinajstić information content (AvgIpc) is 2.36. The van der Waals surface area contributed by atoms with Crippen LogP contribution in [0.25, 0.3) is 0 Å². The zero-order valence-electron chi connectivity index (χ0n) is 12.7. The van der Waals surface area contributed by atoms with Crippen LogP contribution in [0.4, 0.5) is 0 Å². The first-order valence-electron chi connectivity index (χ1n) is 7.14. The molecule has 0 radical (unpaired) electrons. The third-order valence-electron chi connectivity index (χ3n) is 2.77. The number of rotatable bonds is 9. The minimum Gasteiger partial charge on any atom is -0.492 e. The zero-order valence-corrected chi connectivity index (χ0v) is 13.5. The minimum atomic E-state index is 0.676.